The molecule has 2 nitrogen and oxygen atoms in total. The Morgan fingerprint density at radius 2 is 1.75 bits per heavy atom. The van der Waals surface area contributed by atoms with E-state index in [0.29, 0.717) is 0 Å². The van der Waals surface area contributed by atoms with E-state index in [9.17, 15) is 0 Å². The second kappa shape index (κ2) is 6.91. The molecule has 0 aromatic heterocycles. The van der Waals surface area contributed by atoms with Crippen LogP contribution in [0.5, 0.6) is 0 Å². The van der Waals surface area contributed by atoms with Crippen molar-refractivity contribution in [2.24, 2.45) is 5.92 Å². The molecule has 0 aliphatic rings. The molecule has 0 fully saturated rings. The highest BCUT2D eigenvalue weighted by Crippen LogP contribution is 1.96. The lowest BCUT2D eigenvalue weighted by molar-refractivity contribution is 0.341. The number of hydrogen-bond donors (Lipinski definition) is 0. The maximum Gasteiger partial charge on any atom is 0.321 e. The average molecular weight is 186 g/mol. The summed E-state index contributed by atoms with van der Waals surface area (Å²) in [7, 11) is 4.28. The van der Waals surface area contributed by atoms with Crippen LogP contribution in [0.4, 0.5) is 0 Å². The van der Waals surface area contributed by atoms with Crippen LogP contribution < -0.4 is 0 Å². The fourth-order valence-electron chi connectivity index (χ4n) is 1.37. The Balaban J connectivity index is 3.25. The molecule has 0 saturated carbocycles. The van der Waals surface area contributed by atoms with E-state index in [-0.39, 0.29) is 0 Å². The van der Waals surface area contributed by atoms with Gasteiger partial charge in [-0.1, -0.05) is 13.8 Å². The maximum atomic E-state index is 2.55. The summed E-state index contributed by atoms with van der Waals surface area (Å²) < 4.78 is 2.55. The highest BCUT2D eigenvalue weighted by Gasteiger charge is 2.00. The molecule has 0 rings (SSSR count). The fourth-order valence-corrected chi connectivity index (χ4v) is 2.42. The van der Waals surface area contributed by atoms with Gasteiger partial charge in [-0.05, 0) is 46.1 Å². The first-order valence-electron chi connectivity index (χ1n) is 4.85. The van der Waals surface area contributed by atoms with Crippen molar-refractivity contribution in [3.8, 4) is 0 Å². The Labute approximate surface area is 85.6 Å². The van der Waals surface area contributed by atoms with Gasteiger partial charge >= 0.3 is 16.5 Å². The summed E-state index contributed by atoms with van der Waals surface area (Å²) in [5, 5.41) is 0. The SMILES string of the molecule is CC(C)C[N]([AlH2])CCCN(C)C. The van der Waals surface area contributed by atoms with Gasteiger partial charge in [-0.3, -0.25) is 0 Å². The molecule has 72 valence electrons. The molecule has 0 aromatic carbocycles. The fraction of sp³-hybridized carbons (Fsp3) is 1.00. The number of nitrogens with zero attached hydrogens (tertiary/aromatic N) is 2. The minimum absolute atomic E-state index is 0.821. The first-order valence-corrected chi connectivity index (χ1v) is 5.75. The monoisotopic (exact) mass is 186 g/mol. The van der Waals surface area contributed by atoms with Crippen LogP contribution >= 0.6 is 0 Å². The Morgan fingerprint density at radius 1 is 1.17 bits per heavy atom. The molecule has 0 amide bonds. The lowest BCUT2D eigenvalue weighted by atomic mass is 10.2. The van der Waals surface area contributed by atoms with Gasteiger partial charge < -0.3 is 8.78 Å². The third-order valence-corrected chi connectivity index (χ3v) is 2.63. The van der Waals surface area contributed by atoms with E-state index in [0.717, 1.165) is 5.92 Å². The Kier molecular flexibility index (Phi) is 7.17. The summed E-state index contributed by atoms with van der Waals surface area (Å²) in [5.74, 6) is 0.821. The minimum atomic E-state index is 0.821. The van der Waals surface area contributed by atoms with Gasteiger partial charge in [0.15, 0.2) is 0 Å². The van der Waals surface area contributed by atoms with Crippen LogP contribution in [0, 0.1) is 5.92 Å². The molecular weight excluding hydrogens is 163 g/mol. The lowest BCUT2D eigenvalue weighted by Gasteiger charge is -2.21. The predicted molar refractivity (Wildman–Crippen MR) is 58.1 cm³/mol. The van der Waals surface area contributed by atoms with Crippen molar-refractivity contribution in [2.75, 3.05) is 33.7 Å². The molecule has 0 aliphatic heterocycles. The minimum Gasteiger partial charge on any atom is -0.390 e. The van der Waals surface area contributed by atoms with Crippen molar-refractivity contribution in [1.29, 1.82) is 0 Å². The quantitative estimate of drug-likeness (QED) is 0.556. The van der Waals surface area contributed by atoms with E-state index >= 15 is 0 Å². The summed E-state index contributed by atoms with van der Waals surface area (Å²) in [6.45, 7) is 8.35. The molecule has 0 bridgehead atoms. The van der Waals surface area contributed by atoms with E-state index in [1.54, 1.807) is 0 Å². The van der Waals surface area contributed by atoms with Gasteiger partial charge in [-0.15, -0.1) is 0 Å². The first-order chi connectivity index (χ1) is 5.52. The number of hydrogen-bond acceptors (Lipinski definition) is 2. The van der Waals surface area contributed by atoms with E-state index in [1.165, 1.54) is 42.6 Å². The van der Waals surface area contributed by atoms with Crippen molar-refractivity contribution >= 4 is 16.5 Å². The van der Waals surface area contributed by atoms with Crippen LogP contribution in [-0.4, -0.2) is 59.0 Å². The maximum absolute atomic E-state index is 2.55. The molecule has 0 spiro atoms. The molecule has 0 N–H and O–H groups in total. The van der Waals surface area contributed by atoms with Crippen LogP contribution in [-0.2, 0) is 0 Å². The molecule has 0 unspecified atom stereocenters. The standard InChI is InChI=1S/C9H21N2.Al.2H/c1-9(2)8-10-6-5-7-11(3)4;;;/h9H,5-8H2,1-4H3;;;/q-1;+1;;. The topological polar surface area (TPSA) is 6.48 Å². The number of rotatable bonds is 6. The zero-order valence-electron chi connectivity index (χ0n) is 9.30. The van der Waals surface area contributed by atoms with Crippen molar-refractivity contribution in [2.45, 2.75) is 20.3 Å². The van der Waals surface area contributed by atoms with E-state index in [2.05, 4.69) is 36.7 Å². The van der Waals surface area contributed by atoms with Crippen molar-refractivity contribution < 1.29 is 0 Å². The Bertz CT molecular complexity index is 105. The van der Waals surface area contributed by atoms with Gasteiger partial charge in [0.2, 0.25) is 0 Å². The van der Waals surface area contributed by atoms with Crippen molar-refractivity contribution in [3.05, 3.63) is 0 Å². The third-order valence-electron chi connectivity index (χ3n) is 1.82. The van der Waals surface area contributed by atoms with Gasteiger partial charge in [0.1, 0.15) is 0 Å². The van der Waals surface area contributed by atoms with Crippen molar-refractivity contribution in [1.82, 2.24) is 8.78 Å². The van der Waals surface area contributed by atoms with Crippen LogP contribution in [0.25, 0.3) is 0 Å². The van der Waals surface area contributed by atoms with Crippen LogP contribution in [0.2, 0.25) is 0 Å². The summed E-state index contributed by atoms with van der Waals surface area (Å²) in [5.41, 5.74) is 0. The molecule has 0 aliphatic carbocycles. The molecule has 0 radical (unpaired) electrons. The average Bonchev–Trinajstić information content (AvgIpc) is 1.84. The Hall–Kier alpha value is 0.452. The predicted octanol–water partition coefficient (Wildman–Crippen LogP) is 0.444. The molecule has 3 heteroatoms. The highest BCUT2D eigenvalue weighted by atomic mass is 27.1. The second-order valence-electron chi connectivity index (χ2n) is 4.31. The zero-order valence-corrected chi connectivity index (χ0v) is 11.3. The van der Waals surface area contributed by atoms with Gasteiger partial charge in [0.25, 0.3) is 0 Å². The van der Waals surface area contributed by atoms with Crippen molar-refractivity contribution in [3.63, 3.8) is 0 Å². The summed E-state index contributed by atoms with van der Waals surface area (Å²) in [6.07, 6.45) is 1.31. The van der Waals surface area contributed by atoms with E-state index in [1.807, 2.05) is 0 Å². The molecule has 0 atom stereocenters. The zero-order chi connectivity index (χ0) is 9.56. The van der Waals surface area contributed by atoms with Gasteiger partial charge in [0, 0.05) is 0 Å². The molecule has 12 heavy (non-hydrogen) atoms. The smallest absolute Gasteiger partial charge is 0.321 e. The van der Waals surface area contributed by atoms with Gasteiger partial charge in [-0.2, -0.15) is 0 Å². The largest absolute Gasteiger partial charge is 0.390 e. The summed E-state index contributed by atoms with van der Waals surface area (Å²) in [6, 6.07) is 0. The molecule has 0 saturated heterocycles. The lowest BCUT2D eigenvalue weighted by Crippen LogP contribution is -2.28. The van der Waals surface area contributed by atoms with E-state index in [4.69, 9.17) is 0 Å². The Morgan fingerprint density at radius 3 is 2.17 bits per heavy atom. The normalized spacial score (nSPS) is 11.9. The van der Waals surface area contributed by atoms with Crippen LogP contribution in [0.1, 0.15) is 20.3 Å². The first kappa shape index (κ1) is 12.5. The molecular formula is C9H23AlN2. The summed E-state index contributed by atoms with van der Waals surface area (Å²) in [4.78, 5) is 2.25. The molecule has 0 aromatic rings. The second-order valence-corrected chi connectivity index (χ2v) is 5.58. The van der Waals surface area contributed by atoms with Gasteiger partial charge in [-0.25, -0.2) is 0 Å². The third kappa shape index (κ3) is 8.55. The molecule has 0 heterocycles. The van der Waals surface area contributed by atoms with Crippen LogP contribution in [0.3, 0.4) is 0 Å². The highest BCUT2D eigenvalue weighted by molar-refractivity contribution is 6.04. The van der Waals surface area contributed by atoms with Crippen LogP contribution in [0.15, 0.2) is 0 Å². The summed E-state index contributed by atoms with van der Waals surface area (Å²) >= 11 is 1.21. The van der Waals surface area contributed by atoms with Gasteiger partial charge in [0.05, 0.1) is 0 Å². The van der Waals surface area contributed by atoms with E-state index < -0.39 is 0 Å².